The molecule has 1 unspecified atom stereocenters. The first-order chi connectivity index (χ1) is 9.53. The molecule has 1 aliphatic heterocycles. The van der Waals surface area contributed by atoms with Gasteiger partial charge in [0.25, 0.3) is 0 Å². The number of aromatic nitrogens is 2. The molecule has 3 rings (SSSR count). The Kier molecular flexibility index (Phi) is 3.52. The zero-order valence-electron chi connectivity index (χ0n) is 10.7. The Morgan fingerprint density at radius 2 is 2.20 bits per heavy atom. The summed E-state index contributed by atoms with van der Waals surface area (Å²) in [6, 6.07) is 5.43. The van der Waals surface area contributed by atoms with Gasteiger partial charge in [0.1, 0.15) is 12.1 Å². The van der Waals surface area contributed by atoms with Crippen molar-refractivity contribution in [1.29, 1.82) is 0 Å². The summed E-state index contributed by atoms with van der Waals surface area (Å²) in [7, 11) is -2.84. The summed E-state index contributed by atoms with van der Waals surface area (Å²) in [4.78, 5) is 8.40. The summed E-state index contributed by atoms with van der Waals surface area (Å²) in [5.41, 5.74) is 0.811. The molecule has 1 aliphatic rings. The molecule has 1 N–H and O–H groups in total. The van der Waals surface area contributed by atoms with Gasteiger partial charge in [-0.15, -0.1) is 0 Å². The van der Waals surface area contributed by atoms with Crippen LogP contribution in [-0.2, 0) is 9.84 Å². The number of benzene rings is 1. The van der Waals surface area contributed by atoms with Gasteiger partial charge in [0.05, 0.1) is 17.0 Å². The molecular formula is C13H14ClN3O2S. The lowest BCUT2D eigenvalue weighted by molar-refractivity contribution is 0.596. The third-order valence-electron chi connectivity index (χ3n) is 3.48. The van der Waals surface area contributed by atoms with E-state index in [4.69, 9.17) is 11.6 Å². The Hall–Kier alpha value is -1.40. The highest BCUT2D eigenvalue weighted by atomic mass is 35.5. The van der Waals surface area contributed by atoms with Crippen molar-refractivity contribution >= 4 is 38.2 Å². The molecule has 20 heavy (non-hydrogen) atoms. The van der Waals surface area contributed by atoms with Crippen LogP contribution in [0.15, 0.2) is 24.5 Å². The van der Waals surface area contributed by atoms with E-state index in [0.717, 1.165) is 10.9 Å². The fraction of sp³-hybridized carbons (Fsp3) is 0.385. The molecular weight excluding hydrogens is 298 g/mol. The number of nitrogens with zero attached hydrogens (tertiary/aromatic N) is 2. The highest BCUT2D eigenvalue weighted by Crippen LogP contribution is 2.24. The second-order valence-corrected chi connectivity index (χ2v) is 7.70. The molecule has 2 heterocycles. The van der Waals surface area contributed by atoms with Crippen LogP contribution in [0.2, 0.25) is 5.02 Å². The molecule has 0 spiro atoms. The van der Waals surface area contributed by atoms with Gasteiger partial charge in [-0.3, -0.25) is 0 Å². The molecule has 1 aromatic carbocycles. The van der Waals surface area contributed by atoms with Crippen molar-refractivity contribution in [2.75, 3.05) is 23.4 Å². The molecule has 1 saturated heterocycles. The summed E-state index contributed by atoms with van der Waals surface area (Å²) in [6.07, 6.45) is 2.20. The zero-order valence-corrected chi connectivity index (χ0v) is 12.3. The molecule has 0 saturated carbocycles. The van der Waals surface area contributed by atoms with Gasteiger partial charge in [0.2, 0.25) is 0 Å². The van der Waals surface area contributed by atoms with E-state index < -0.39 is 9.84 Å². The lowest BCUT2D eigenvalue weighted by Gasteiger charge is -2.11. The standard InChI is InChI=1S/C13H14ClN3O2S/c14-10-1-2-12-11(5-10)13(17-8-16-12)15-6-9-3-4-20(18,19)7-9/h1-2,5,8-9H,3-4,6-7H2,(H,15,16,17). The number of halogens is 1. The Bertz CT molecular complexity index is 748. The third kappa shape index (κ3) is 2.86. The Labute approximate surface area is 122 Å². The van der Waals surface area contributed by atoms with Gasteiger partial charge in [0.15, 0.2) is 9.84 Å². The predicted octanol–water partition coefficient (Wildman–Crippen LogP) is 2.13. The number of nitrogens with one attached hydrogen (secondary N) is 1. The van der Waals surface area contributed by atoms with Gasteiger partial charge in [-0.05, 0) is 30.5 Å². The maximum absolute atomic E-state index is 11.4. The van der Waals surface area contributed by atoms with E-state index >= 15 is 0 Å². The average molecular weight is 312 g/mol. The molecule has 0 aliphatic carbocycles. The quantitative estimate of drug-likeness (QED) is 0.940. The number of fused-ring (bicyclic) bond motifs is 1. The van der Waals surface area contributed by atoms with Crippen molar-refractivity contribution in [3.8, 4) is 0 Å². The SMILES string of the molecule is O=S1(=O)CCC(CNc2ncnc3ccc(Cl)cc23)C1. The molecule has 1 aromatic heterocycles. The smallest absolute Gasteiger partial charge is 0.150 e. The first-order valence-corrected chi connectivity index (χ1v) is 8.58. The van der Waals surface area contributed by atoms with Crippen LogP contribution in [0.25, 0.3) is 10.9 Å². The Balaban J connectivity index is 1.79. The summed E-state index contributed by atoms with van der Waals surface area (Å²) in [5, 5.41) is 4.69. The maximum Gasteiger partial charge on any atom is 0.150 e. The molecule has 0 radical (unpaired) electrons. The number of hydrogen-bond acceptors (Lipinski definition) is 5. The minimum Gasteiger partial charge on any atom is -0.369 e. The third-order valence-corrected chi connectivity index (χ3v) is 5.55. The van der Waals surface area contributed by atoms with Crippen LogP contribution in [0, 0.1) is 5.92 Å². The normalized spacial score (nSPS) is 21.1. The van der Waals surface area contributed by atoms with Crippen LogP contribution < -0.4 is 5.32 Å². The van der Waals surface area contributed by atoms with E-state index in [0.29, 0.717) is 23.8 Å². The van der Waals surface area contributed by atoms with Crippen molar-refractivity contribution in [3.05, 3.63) is 29.5 Å². The second-order valence-electron chi connectivity index (χ2n) is 5.03. The van der Waals surface area contributed by atoms with Gasteiger partial charge in [-0.25, -0.2) is 18.4 Å². The molecule has 0 amide bonds. The molecule has 0 bridgehead atoms. The van der Waals surface area contributed by atoms with Gasteiger partial charge in [0, 0.05) is 17.0 Å². The number of sulfone groups is 1. The summed E-state index contributed by atoms with van der Waals surface area (Å²) >= 11 is 5.99. The summed E-state index contributed by atoms with van der Waals surface area (Å²) < 4.78 is 22.9. The number of hydrogen-bond donors (Lipinski definition) is 1. The fourth-order valence-corrected chi connectivity index (χ4v) is 4.48. The largest absolute Gasteiger partial charge is 0.369 e. The number of rotatable bonds is 3. The van der Waals surface area contributed by atoms with Crippen LogP contribution in [0.1, 0.15) is 6.42 Å². The van der Waals surface area contributed by atoms with Crippen molar-refractivity contribution < 1.29 is 8.42 Å². The average Bonchev–Trinajstić information content (AvgIpc) is 2.76. The van der Waals surface area contributed by atoms with Gasteiger partial charge >= 0.3 is 0 Å². The highest BCUT2D eigenvalue weighted by Gasteiger charge is 2.27. The molecule has 1 atom stereocenters. The minimum atomic E-state index is -2.84. The Morgan fingerprint density at radius 3 is 2.95 bits per heavy atom. The van der Waals surface area contributed by atoms with E-state index in [1.54, 1.807) is 6.07 Å². The molecule has 106 valence electrons. The predicted molar refractivity (Wildman–Crippen MR) is 79.8 cm³/mol. The van der Waals surface area contributed by atoms with Crippen LogP contribution in [0.4, 0.5) is 5.82 Å². The van der Waals surface area contributed by atoms with E-state index in [1.165, 1.54) is 6.33 Å². The van der Waals surface area contributed by atoms with Crippen LogP contribution in [0.3, 0.4) is 0 Å². The van der Waals surface area contributed by atoms with Crippen LogP contribution in [0.5, 0.6) is 0 Å². The topological polar surface area (TPSA) is 72.0 Å². The van der Waals surface area contributed by atoms with Crippen molar-refractivity contribution in [2.45, 2.75) is 6.42 Å². The highest BCUT2D eigenvalue weighted by molar-refractivity contribution is 7.91. The zero-order chi connectivity index (χ0) is 14.2. The van der Waals surface area contributed by atoms with E-state index in [9.17, 15) is 8.42 Å². The second kappa shape index (κ2) is 5.18. The fourth-order valence-electron chi connectivity index (χ4n) is 2.44. The van der Waals surface area contributed by atoms with Gasteiger partial charge in [-0.1, -0.05) is 11.6 Å². The van der Waals surface area contributed by atoms with E-state index in [1.807, 2.05) is 12.1 Å². The molecule has 1 fully saturated rings. The van der Waals surface area contributed by atoms with Crippen molar-refractivity contribution in [3.63, 3.8) is 0 Å². The molecule has 5 nitrogen and oxygen atoms in total. The van der Waals surface area contributed by atoms with Crippen molar-refractivity contribution in [1.82, 2.24) is 9.97 Å². The first kappa shape index (κ1) is 13.6. The van der Waals surface area contributed by atoms with E-state index in [-0.39, 0.29) is 17.4 Å². The van der Waals surface area contributed by atoms with E-state index in [2.05, 4.69) is 15.3 Å². The lowest BCUT2D eigenvalue weighted by atomic mass is 10.1. The number of anilines is 1. The van der Waals surface area contributed by atoms with Gasteiger partial charge < -0.3 is 5.32 Å². The summed E-state index contributed by atoms with van der Waals surface area (Å²) in [5.74, 6) is 1.38. The monoisotopic (exact) mass is 311 g/mol. The maximum atomic E-state index is 11.4. The summed E-state index contributed by atoms with van der Waals surface area (Å²) in [6.45, 7) is 0.595. The Morgan fingerprint density at radius 1 is 1.35 bits per heavy atom. The van der Waals surface area contributed by atoms with Gasteiger partial charge in [-0.2, -0.15) is 0 Å². The molecule has 7 heteroatoms. The van der Waals surface area contributed by atoms with Crippen LogP contribution in [-0.4, -0.2) is 36.4 Å². The molecule has 2 aromatic rings. The lowest BCUT2D eigenvalue weighted by Crippen LogP contribution is -2.16. The van der Waals surface area contributed by atoms with Crippen LogP contribution >= 0.6 is 11.6 Å². The minimum absolute atomic E-state index is 0.143. The first-order valence-electron chi connectivity index (χ1n) is 6.38. The van der Waals surface area contributed by atoms with Crippen molar-refractivity contribution in [2.24, 2.45) is 5.92 Å².